The van der Waals surface area contributed by atoms with Crippen molar-refractivity contribution in [3.8, 4) is 5.75 Å². The summed E-state index contributed by atoms with van der Waals surface area (Å²) < 4.78 is 6.57. The molecule has 2 fully saturated rings. The molecule has 26 heavy (non-hydrogen) atoms. The molecule has 3 heterocycles. The summed E-state index contributed by atoms with van der Waals surface area (Å²) in [7, 11) is 3.96. The number of fused-ring (bicyclic) bond motifs is 1. The molecule has 7 heteroatoms. The summed E-state index contributed by atoms with van der Waals surface area (Å²) in [6.45, 7) is 6.71. The normalized spacial score (nSPS) is 22.5. The minimum Gasteiger partial charge on any atom is -0.495 e. The molecule has 0 spiro atoms. The van der Waals surface area contributed by atoms with Gasteiger partial charge >= 0.3 is 0 Å². The zero-order valence-corrected chi connectivity index (χ0v) is 17.0. The second-order valence-corrected chi connectivity index (χ2v) is 8.25. The first-order valence-electron chi connectivity index (χ1n) is 8.90. The van der Waals surface area contributed by atoms with E-state index in [1.54, 1.807) is 19.5 Å². The van der Waals surface area contributed by atoms with Crippen LogP contribution in [0.5, 0.6) is 5.75 Å². The number of aromatic nitrogens is 2. The van der Waals surface area contributed by atoms with Crippen molar-refractivity contribution in [1.82, 2.24) is 14.9 Å². The van der Waals surface area contributed by atoms with Crippen LogP contribution in [0.4, 0.5) is 17.3 Å². The lowest BCUT2D eigenvalue weighted by molar-refractivity contribution is 0.385. The van der Waals surface area contributed by atoms with E-state index in [2.05, 4.69) is 67.1 Å². The predicted molar refractivity (Wildman–Crippen MR) is 107 cm³/mol. The second-order valence-electron chi connectivity index (χ2n) is 7.34. The number of halogens is 1. The van der Waals surface area contributed by atoms with Crippen molar-refractivity contribution in [2.75, 3.05) is 50.6 Å². The van der Waals surface area contributed by atoms with Gasteiger partial charge in [-0.05, 0) is 53.4 Å². The van der Waals surface area contributed by atoms with Crippen molar-refractivity contribution in [1.29, 1.82) is 0 Å². The van der Waals surface area contributed by atoms with Gasteiger partial charge in [0.25, 0.3) is 0 Å². The highest BCUT2D eigenvalue weighted by Crippen LogP contribution is 2.40. The molecule has 0 bridgehead atoms. The van der Waals surface area contributed by atoms with Crippen molar-refractivity contribution in [3.05, 3.63) is 34.6 Å². The molecule has 2 aromatic rings. The molecule has 6 nitrogen and oxygen atoms in total. The fourth-order valence-corrected chi connectivity index (χ4v) is 4.34. The van der Waals surface area contributed by atoms with Gasteiger partial charge in [-0.15, -0.1) is 0 Å². The summed E-state index contributed by atoms with van der Waals surface area (Å²) in [5, 5.41) is 3.29. The van der Waals surface area contributed by atoms with Gasteiger partial charge in [-0.3, -0.25) is 0 Å². The van der Waals surface area contributed by atoms with Crippen molar-refractivity contribution in [3.63, 3.8) is 0 Å². The highest BCUT2D eigenvalue weighted by atomic mass is 79.9. The third-order valence-electron chi connectivity index (χ3n) is 5.40. The summed E-state index contributed by atoms with van der Waals surface area (Å²) in [5.41, 5.74) is 3.30. The van der Waals surface area contributed by atoms with Gasteiger partial charge in [0.2, 0.25) is 5.95 Å². The van der Waals surface area contributed by atoms with Crippen molar-refractivity contribution in [2.45, 2.75) is 6.92 Å². The summed E-state index contributed by atoms with van der Waals surface area (Å²) in [6.07, 6.45) is 3.46. The zero-order chi connectivity index (χ0) is 18.3. The van der Waals surface area contributed by atoms with E-state index in [-0.39, 0.29) is 0 Å². The highest BCUT2D eigenvalue weighted by Gasteiger charge is 2.39. The first-order chi connectivity index (χ1) is 12.5. The Bertz CT molecular complexity index is 783. The van der Waals surface area contributed by atoms with Crippen LogP contribution in [-0.4, -0.2) is 55.2 Å². The Morgan fingerprint density at radius 2 is 1.77 bits per heavy atom. The van der Waals surface area contributed by atoms with Crippen LogP contribution in [0, 0.1) is 18.8 Å². The average Bonchev–Trinajstić information content (AvgIpc) is 3.15. The molecule has 2 aliphatic heterocycles. The summed E-state index contributed by atoms with van der Waals surface area (Å²) >= 11 is 3.36. The molecule has 1 aromatic carbocycles. The van der Waals surface area contributed by atoms with Crippen LogP contribution in [-0.2, 0) is 0 Å². The molecule has 0 radical (unpaired) electrons. The molecule has 2 saturated heterocycles. The van der Waals surface area contributed by atoms with Crippen molar-refractivity contribution < 1.29 is 4.74 Å². The van der Waals surface area contributed by atoms with E-state index in [0.29, 0.717) is 5.95 Å². The van der Waals surface area contributed by atoms with Gasteiger partial charge in [0.05, 0.1) is 17.3 Å². The fourth-order valence-electron chi connectivity index (χ4n) is 4.14. The molecule has 0 amide bonds. The Hall–Kier alpha value is -1.86. The Morgan fingerprint density at radius 1 is 1.12 bits per heavy atom. The third-order valence-corrected chi connectivity index (χ3v) is 5.81. The molecular weight excluding hydrogens is 394 g/mol. The third kappa shape index (κ3) is 3.38. The van der Waals surface area contributed by atoms with E-state index in [9.17, 15) is 0 Å². The maximum Gasteiger partial charge on any atom is 0.227 e. The van der Waals surface area contributed by atoms with Crippen LogP contribution in [0.25, 0.3) is 0 Å². The van der Waals surface area contributed by atoms with E-state index in [0.717, 1.165) is 46.4 Å². The largest absolute Gasteiger partial charge is 0.495 e. The van der Waals surface area contributed by atoms with Crippen molar-refractivity contribution >= 4 is 33.3 Å². The lowest BCUT2D eigenvalue weighted by atomic mass is 10.0. The smallest absolute Gasteiger partial charge is 0.227 e. The van der Waals surface area contributed by atoms with Gasteiger partial charge in [-0.2, -0.15) is 0 Å². The first kappa shape index (κ1) is 17.5. The monoisotopic (exact) mass is 417 g/mol. The number of aryl methyl sites for hydroxylation is 1. The van der Waals surface area contributed by atoms with Crippen LogP contribution >= 0.6 is 15.9 Å². The maximum absolute atomic E-state index is 5.71. The van der Waals surface area contributed by atoms with Crippen LogP contribution in [0.15, 0.2) is 29.0 Å². The number of nitrogens with zero attached hydrogens (tertiary/aromatic N) is 4. The van der Waals surface area contributed by atoms with E-state index in [4.69, 9.17) is 4.74 Å². The molecule has 1 aromatic heterocycles. The number of rotatable bonds is 4. The fraction of sp³-hybridized carbons (Fsp3) is 0.474. The molecule has 138 valence electrons. The summed E-state index contributed by atoms with van der Waals surface area (Å²) in [5.74, 6) is 2.99. The van der Waals surface area contributed by atoms with E-state index >= 15 is 0 Å². The van der Waals surface area contributed by atoms with Gasteiger partial charge in [0, 0.05) is 50.3 Å². The molecule has 2 aliphatic rings. The topological polar surface area (TPSA) is 53.5 Å². The average molecular weight is 418 g/mol. The van der Waals surface area contributed by atoms with Gasteiger partial charge in [-0.25, -0.2) is 9.97 Å². The van der Waals surface area contributed by atoms with Gasteiger partial charge in [0.1, 0.15) is 5.75 Å². The molecule has 1 N–H and O–H groups in total. The minimum absolute atomic E-state index is 0.574. The number of ether oxygens (including phenoxy) is 1. The van der Waals surface area contributed by atoms with E-state index < -0.39 is 0 Å². The minimum atomic E-state index is 0.574. The van der Waals surface area contributed by atoms with Crippen LogP contribution in [0.3, 0.4) is 0 Å². The van der Waals surface area contributed by atoms with Crippen LogP contribution in [0.1, 0.15) is 5.56 Å². The van der Waals surface area contributed by atoms with Gasteiger partial charge < -0.3 is 19.9 Å². The standard InChI is InChI=1S/C19H24BrN5O/c1-12-4-17(25-10-13-8-24(2)9-14(13)11-25)18(26-3)5-16(12)23-19-21-6-15(20)7-22-19/h4-7,13-14H,8-11H2,1-3H3,(H,21,22,23). The second kappa shape index (κ2) is 7.04. The maximum atomic E-state index is 5.71. The number of anilines is 3. The SMILES string of the molecule is COc1cc(Nc2ncc(Br)cn2)c(C)cc1N1CC2CN(C)CC2C1. The molecule has 0 aliphatic carbocycles. The first-order valence-corrected chi connectivity index (χ1v) is 9.69. The number of hydrogen-bond acceptors (Lipinski definition) is 6. The van der Waals surface area contributed by atoms with Crippen molar-refractivity contribution in [2.24, 2.45) is 11.8 Å². The quantitative estimate of drug-likeness (QED) is 0.823. The zero-order valence-electron chi connectivity index (χ0n) is 15.4. The van der Waals surface area contributed by atoms with Crippen LogP contribution < -0.4 is 15.0 Å². The number of hydrogen-bond donors (Lipinski definition) is 1. The van der Waals surface area contributed by atoms with E-state index in [1.807, 2.05) is 0 Å². The highest BCUT2D eigenvalue weighted by molar-refractivity contribution is 9.10. The number of benzene rings is 1. The Balaban J connectivity index is 1.57. The summed E-state index contributed by atoms with van der Waals surface area (Å²) in [6, 6.07) is 4.26. The molecule has 2 unspecified atom stereocenters. The molecular formula is C19H24BrN5O. The molecule has 2 atom stereocenters. The number of likely N-dealkylation sites (tertiary alicyclic amines) is 1. The number of methoxy groups -OCH3 is 1. The van der Waals surface area contributed by atoms with E-state index in [1.165, 1.54) is 18.8 Å². The molecule has 0 saturated carbocycles. The lowest BCUT2D eigenvalue weighted by Gasteiger charge is -2.25. The summed E-state index contributed by atoms with van der Waals surface area (Å²) in [4.78, 5) is 13.5. The van der Waals surface area contributed by atoms with Crippen LogP contribution in [0.2, 0.25) is 0 Å². The molecule has 4 rings (SSSR count). The lowest BCUT2D eigenvalue weighted by Crippen LogP contribution is -2.27. The number of nitrogens with one attached hydrogen (secondary N) is 1. The Kier molecular flexibility index (Phi) is 4.75. The van der Waals surface area contributed by atoms with Gasteiger partial charge in [0.15, 0.2) is 0 Å². The van der Waals surface area contributed by atoms with Gasteiger partial charge in [-0.1, -0.05) is 0 Å². The predicted octanol–water partition coefficient (Wildman–Crippen LogP) is 3.30. The Labute approximate surface area is 162 Å². The Morgan fingerprint density at radius 3 is 2.38 bits per heavy atom.